The highest BCUT2D eigenvalue weighted by molar-refractivity contribution is 6.17. The lowest BCUT2D eigenvalue weighted by atomic mass is 10.1. The zero-order valence-corrected chi connectivity index (χ0v) is 9.07. The maximum atomic E-state index is 13.3. The van der Waals surface area contributed by atoms with Crippen molar-refractivity contribution in [1.82, 2.24) is 5.32 Å². The molecule has 0 amide bonds. The van der Waals surface area contributed by atoms with Gasteiger partial charge in [0.15, 0.2) is 11.6 Å². The lowest BCUT2D eigenvalue weighted by Gasteiger charge is -2.07. The number of nitrogens with one attached hydrogen (secondary N) is 1. The molecule has 0 aromatic heterocycles. The smallest absolute Gasteiger partial charge is 0.165 e. The lowest BCUT2D eigenvalue weighted by Crippen LogP contribution is -2.15. The number of methoxy groups -OCH3 is 1. The van der Waals surface area contributed by atoms with E-state index in [2.05, 4.69) is 10.1 Å². The zero-order valence-electron chi connectivity index (χ0n) is 8.32. The van der Waals surface area contributed by atoms with E-state index in [0.29, 0.717) is 24.5 Å². The Hall–Kier alpha value is -0.870. The van der Waals surface area contributed by atoms with Crippen molar-refractivity contribution in [2.24, 2.45) is 0 Å². The number of ether oxygens (including phenoxy) is 1. The molecule has 0 saturated heterocycles. The largest absolute Gasteiger partial charge is 0.494 e. The highest BCUT2D eigenvalue weighted by Crippen LogP contribution is 2.21. The molecule has 0 unspecified atom stereocenters. The van der Waals surface area contributed by atoms with Crippen molar-refractivity contribution >= 4 is 11.6 Å². The van der Waals surface area contributed by atoms with Gasteiger partial charge in [0.25, 0.3) is 0 Å². The molecule has 1 aromatic carbocycles. The highest BCUT2D eigenvalue weighted by Gasteiger charge is 2.09. The van der Waals surface area contributed by atoms with Crippen molar-refractivity contribution in [2.45, 2.75) is 6.42 Å². The van der Waals surface area contributed by atoms with Gasteiger partial charge in [0.2, 0.25) is 0 Å². The molecule has 0 radical (unpaired) electrons. The first-order chi connectivity index (χ1) is 7.19. The molecule has 0 heterocycles. The fraction of sp³-hybridized carbons (Fsp3) is 0.400. The Bertz CT molecular complexity index is 333. The maximum Gasteiger partial charge on any atom is 0.165 e. The molecule has 0 aliphatic rings. The molecule has 5 heteroatoms. The number of rotatable bonds is 5. The summed E-state index contributed by atoms with van der Waals surface area (Å²) in [6.07, 6.45) is 0.388. The third-order valence-electron chi connectivity index (χ3n) is 1.99. The minimum Gasteiger partial charge on any atom is -0.494 e. The number of hydrogen-bond acceptors (Lipinski definition) is 2. The molecule has 0 atom stereocenters. The van der Waals surface area contributed by atoms with Gasteiger partial charge in [-0.3, -0.25) is 0 Å². The van der Waals surface area contributed by atoms with Gasteiger partial charge in [-0.25, -0.2) is 8.78 Å². The van der Waals surface area contributed by atoms with Crippen molar-refractivity contribution in [1.29, 1.82) is 0 Å². The van der Waals surface area contributed by atoms with Gasteiger partial charge in [-0.1, -0.05) is 0 Å². The van der Waals surface area contributed by atoms with Crippen LogP contribution in [0.2, 0.25) is 0 Å². The molecule has 0 fully saturated rings. The van der Waals surface area contributed by atoms with Crippen molar-refractivity contribution in [3.63, 3.8) is 0 Å². The van der Waals surface area contributed by atoms with Crippen LogP contribution in [-0.2, 0) is 6.42 Å². The van der Waals surface area contributed by atoms with Gasteiger partial charge >= 0.3 is 0 Å². The summed E-state index contributed by atoms with van der Waals surface area (Å²) < 4.78 is 31.2. The van der Waals surface area contributed by atoms with Crippen LogP contribution in [0.3, 0.4) is 0 Å². The summed E-state index contributed by atoms with van der Waals surface area (Å²) in [7, 11) is 1.30. The molecule has 1 N–H and O–H groups in total. The van der Waals surface area contributed by atoms with Crippen molar-refractivity contribution in [3.8, 4) is 5.75 Å². The molecule has 0 aliphatic carbocycles. The molecule has 0 saturated carbocycles. The summed E-state index contributed by atoms with van der Waals surface area (Å²) in [5.74, 6) is -1.11. The van der Waals surface area contributed by atoms with Crippen molar-refractivity contribution in [3.05, 3.63) is 29.3 Å². The molecule has 0 spiro atoms. The Labute approximate surface area is 92.2 Å². The van der Waals surface area contributed by atoms with Gasteiger partial charge in [-0.2, -0.15) is 0 Å². The van der Waals surface area contributed by atoms with Gasteiger partial charge < -0.3 is 10.1 Å². The zero-order chi connectivity index (χ0) is 11.3. The molecular formula is C10H12ClF2NO. The minimum absolute atomic E-state index is 0.0819. The number of halogens is 3. The van der Waals surface area contributed by atoms with Crippen molar-refractivity contribution < 1.29 is 13.5 Å². The van der Waals surface area contributed by atoms with Gasteiger partial charge in [-0.15, -0.1) is 11.6 Å². The molecule has 0 bridgehead atoms. The summed E-state index contributed by atoms with van der Waals surface area (Å²) >= 11 is 5.39. The molecule has 2 nitrogen and oxygen atoms in total. The van der Waals surface area contributed by atoms with E-state index in [9.17, 15) is 8.78 Å². The van der Waals surface area contributed by atoms with Crippen LogP contribution in [0.1, 0.15) is 5.56 Å². The van der Waals surface area contributed by atoms with Crippen LogP contribution in [0.4, 0.5) is 8.78 Å². The molecular weight excluding hydrogens is 224 g/mol. The number of alkyl halides is 1. The Morgan fingerprint density at radius 1 is 1.33 bits per heavy atom. The standard InChI is InChI=1S/C10H12ClF2NO/c1-15-10-5-8(12)7(4-9(10)13)2-3-14-6-11/h4-5,14H,2-3,6H2,1H3. The second-order valence-corrected chi connectivity index (χ2v) is 3.23. The van der Waals surface area contributed by atoms with Crippen LogP contribution in [0, 0.1) is 11.6 Å². The first-order valence-corrected chi connectivity index (χ1v) is 5.01. The Morgan fingerprint density at radius 3 is 2.67 bits per heavy atom. The van der Waals surface area contributed by atoms with Crippen LogP contribution in [0.5, 0.6) is 5.75 Å². The first-order valence-electron chi connectivity index (χ1n) is 4.47. The SMILES string of the molecule is COc1cc(F)c(CCNCCl)cc1F. The van der Waals surface area contributed by atoms with Crippen molar-refractivity contribution in [2.75, 3.05) is 19.7 Å². The third-order valence-corrected chi connectivity index (χ3v) is 2.18. The fourth-order valence-corrected chi connectivity index (χ4v) is 1.34. The molecule has 84 valence electrons. The summed E-state index contributed by atoms with van der Waals surface area (Å²) in [4.78, 5) is 0. The van der Waals surface area contributed by atoms with E-state index in [-0.39, 0.29) is 5.75 Å². The normalized spacial score (nSPS) is 10.4. The topological polar surface area (TPSA) is 21.3 Å². The first kappa shape index (κ1) is 12.2. The predicted molar refractivity (Wildman–Crippen MR) is 55.3 cm³/mol. The fourth-order valence-electron chi connectivity index (χ4n) is 1.21. The minimum atomic E-state index is -0.556. The second kappa shape index (κ2) is 5.88. The summed E-state index contributed by atoms with van der Waals surface area (Å²) in [5.41, 5.74) is 0.311. The summed E-state index contributed by atoms with van der Waals surface area (Å²) in [6, 6.07) is 2.48. The summed E-state index contributed by atoms with van der Waals surface area (Å²) in [5, 5.41) is 2.82. The van der Waals surface area contributed by atoms with Crippen LogP contribution < -0.4 is 10.1 Å². The van der Waals surface area contributed by atoms with Crippen LogP contribution in [-0.4, -0.2) is 19.7 Å². The molecule has 1 aromatic rings. The molecule has 1 rings (SSSR count). The Balaban J connectivity index is 2.76. The average Bonchev–Trinajstić information content (AvgIpc) is 2.23. The second-order valence-electron chi connectivity index (χ2n) is 2.96. The third kappa shape index (κ3) is 3.32. The Kier molecular flexibility index (Phi) is 4.78. The lowest BCUT2D eigenvalue weighted by molar-refractivity contribution is 0.381. The van der Waals surface area contributed by atoms with Gasteiger partial charge in [0.05, 0.1) is 13.1 Å². The van der Waals surface area contributed by atoms with Gasteiger partial charge in [0.1, 0.15) is 5.82 Å². The van der Waals surface area contributed by atoms with E-state index in [1.165, 1.54) is 7.11 Å². The number of hydrogen-bond donors (Lipinski definition) is 1. The van der Waals surface area contributed by atoms with Crippen LogP contribution in [0.25, 0.3) is 0 Å². The average molecular weight is 236 g/mol. The van der Waals surface area contributed by atoms with E-state index >= 15 is 0 Å². The quantitative estimate of drug-likeness (QED) is 0.480. The van der Waals surface area contributed by atoms with E-state index in [1.54, 1.807) is 0 Å². The highest BCUT2D eigenvalue weighted by atomic mass is 35.5. The van der Waals surface area contributed by atoms with E-state index < -0.39 is 11.6 Å². The monoisotopic (exact) mass is 235 g/mol. The van der Waals surface area contributed by atoms with E-state index in [4.69, 9.17) is 11.6 Å². The Morgan fingerprint density at radius 2 is 2.07 bits per heavy atom. The summed E-state index contributed by atoms with van der Waals surface area (Å²) in [6.45, 7) is 0.506. The van der Waals surface area contributed by atoms with Gasteiger partial charge in [0, 0.05) is 12.6 Å². The van der Waals surface area contributed by atoms with Crippen LogP contribution in [0.15, 0.2) is 12.1 Å². The molecule has 15 heavy (non-hydrogen) atoms. The molecule has 0 aliphatic heterocycles. The predicted octanol–water partition coefficient (Wildman–Crippen LogP) is 2.30. The van der Waals surface area contributed by atoms with Crippen LogP contribution >= 0.6 is 11.6 Å². The van der Waals surface area contributed by atoms with E-state index in [1.807, 2.05) is 0 Å². The van der Waals surface area contributed by atoms with Gasteiger partial charge in [-0.05, 0) is 18.1 Å². The maximum absolute atomic E-state index is 13.3. The van der Waals surface area contributed by atoms with E-state index in [0.717, 1.165) is 12.1 Å². The number of benzene rings is 1.